The molecule has 1 aliphatic carbocycles. The van der Waals surface area contributed by atoms with Crippen LogP contribution in [0.25, 0.3) is 0 Å². The average molecular weight is 392 g/mol. The maximum absolute atomic E-state index is 12.4. The Labute approximate surface area is 153 Å². The van der Waals surface area contributed by atoms with E-state index in [1.54, 1.807) is 18.2 Å². The first-order chi connectivity index (χ1) is 11.3. The fourth-order valence-corrected chi connectivity index (χ4v) is 5.47. The molecule has 0 amide bonds. The van der Waals surface area contributed by atoms with Crippen LogP contribution in [0.1, 0.15) is 24.8 Å². The summed E-state index contributed by atoms with van der Waals surface area (Å²) < 4.78 is 12.4. The summed E-state index contributed by atoms with van der Waals surface area (Å²) in [6, 6.07) is 4.53. The number of rotatable bonds is 7. The van der Waals surface area contributed by atoms with E-state index in [4.69, 9.17) is 28.9 Å². The molecule has 1 aliphatic rings. The summed E-state index contributed by atoms with van der Waals surface area (Å²) in [5.74, 6) is 0.212. The van der Waals surface area contributed by atoms with Gasteiger partial charge in [0.15, 0.2) is 0 Å². The van der Waals surface area contributed by atoms with Crippen molar-refractivity contribution in [2.75, 3.05) is 12.3 Å². The molecule has 4 N–H and O–H groups in total. The van der Waals surface area contributed by atoms with Crippen molar-refractivity contribution in [2.24, 2.45) is 11.7 Å². The van der Waals surface area contributed by atoms with Crippen LogP contribution in [0.4, 0.5) is 0 Å². The molecular formula is C17H24Cl2NO3P. The molecule has 4 nitrogen and oxygen atoms in total. The van der Waals surface area contributed by atoms with E-state index in [-0.39, 0.29) is 18.2 Å². The van der Waals surface area contributed by atoms with Gasteiger partial charge in [-0.2, -0.15) is 0 Å². The van der Waals surface area contributed by atoms with E-state index in [1.807, 2.05) is 0 Å². The van der Waals surface area contributed by atoms with Gasteiger partial charge < -0.3 is 15.7 Å². The number of hydrogen-bond acceptors (Lipinski definition) is 3. The van der Waals surface area contributed by atoms with Crippen molar-refractivity contribution < 1.29 is 14.6 Å². The van der Waals surface area contributed by atoms with E-state index in [9.17, 15) is 14.6 Å². The van der Waals surface area contributed by atoms with Crippen LogP contribution in [-0.2, 0) is 11.0 Å². The van der Waals surface area contributed by atoms with Crippen LogP contribution in [0.2, 0.25) is 10.0 Å². The summed E-state index contributed by atoms with van der Waals surface area (Å²) in [7, 11) is -3.40. The van der Waals surface area contributed by atoms with Crippen LogP contribution in [0.3, 0.4) is 0 Å². The molecule has 0 radical (unpaired) electrons. The fraction of sp³-hybridized carbons (Fsp3) is 0.529. The third-order valence-electron chi connectivity index (χ3n) is 4.34. The van der Waals surface area contributed by atoms with Crippen LogP contribution < -0.4 is 5.73 Å². The van der Waals surface area contributed by atoms with Gasteiger partial charge in [0.05, 0.1) is 22.3 Å². The van der Waals surface area contributed by atoms with Crippen molar-refractivity contribution in [3.05, 3.63) is 46.0 Å². The van der Waals surface area contributed by atoms with E-state index in [1.165, 1.54) is 0 Å². The maximum atomic E-state index is 12.4. The van der Waals surface area contributed by atoms with Crippen LogP contribution in [0, 0.1) is 5.92 Å². The number of hydrogen-bond donors (Lipinski definition) is 3. The molecule has 1 aromatic rings. The second-order valence-electron chi connectivity index (χ2n) is 6.55. The molecule has 3 unspecified atom stereocenters. The lowest BCUT2D eigenvalue weighted by molar-refractivity contribution is 0.162. The molecule has 0 fully saturated rings. The predicted octanol–water partition coefficient (Wildman–Crippen LogP) is 3.85. The summed E-state index contributed by atoms with van der Waals surface area (Å²) in [4.78, 5) is 10.2. The molecule has 0 saturated carbocycles. The Morgan fingerprint density at radius 1 is 1.29 bits per heavy atom. The van der Waals surface area contributed by atoms with Crippen molar-refractivity contribution in [1.82, 2.24) is 0 Å². The van der Waals surface area contributed by atoms with Gasteiger partial charge in [-0.3, -0.25) is 4.57 Å². The van der Waals surface area contributed by atoms with Gasteiger partial charge in [-0.1, -0.05) is 41.4 Å². The quantitative estimate of drug-likeness (QED) is 0.486. The van der Waals surface area contributed by atoms with E-state index >= 15 is 0 Å². The van der Waals surface area contributed by atoms with Gasteiger partial charge in [-0.25, -0.2) is 0 Å². The molecule has 0 heterocycles. The van der Waals surface area contributed by atoms with Crippen LogP contribution >= 0.6 is 30.6 Å². The van der Waals surface area contributed by atoms with E-state index in [0.29, 0.717) is 16.5 Å². The molecule has 24 heavy (non-hydrogen) atoms. The van der Waals surface area contributed by atoms with Gasteiger partial charge in [-0.05, 0) is 49.3 Å². The van der Waals surface area contributed by atoms with Crippen molar-refractivity contribution in [2.45, 2.75) is 37.8 Å². The minimum atomic E-state index is -3.40. The average Bonchev–Trinajstić information content (AvgIpc) is 2.51. The molecule has 0 saturated heterocycles. The smallest absolute Gasteiger partial charge is 0.203 e. The third kappa shape index (κ3) is 6.18. The standard InChI is InChI=1S/C17H24Cl2NO3P/c18-14-7-6-13(8-15(14)19)9-16(20)17(21)11-24(22,23)10-12-4-2-1-3-5-12/h1-2,6-8,12,16-17,21H,3-5,9-11,20H2,(H,22,23)/t12?,16?,17-/m1/s1. The normalized spacial score (nSPS) is 22.8. The van der Waals surface area contributed by atoms with Gasteiger partial charge in [0, 0.05) is 12.2 Å². The van der Waals surface area contributed by atoms with Gasteiger partial charge >= 0.3 is 0 Å². The molecule has 134 valence electrons. The molecule has 0 bridgehead atoms. The Kier molecular flexibility index (Phi) is 7.36. The SMILES string of the molecule is NC(Cc1ccc(Cl)c(Cl)c1)[C@H](O)CP(=O)(O)CC1CC=CCC1. The first kappa shape index (κ1) is 20.0. The number of benzene rings is 1. The fourth-order valence-electron chi connectivity index (χ4n) is 3.00. The van der Waals surface area contributed by atoms with Crippen molar-refractivity contribution in [3.63, 3.8) is 0 Å². The second-order valence-corrected chi connectivity index (χ2v) is 9.78. The topological polar surface area (TPSA) is 83.5 Å². The van der Waals surface area contributed by atoms with Gasteiger partial charge in [0.1, 0.15) is 0 Å². The third-order valence-corrected chi connectivity index (χ3v) is 7.11. The highest BCUT2D eigenvalue weighted by atomic mass is 35.5. The zero-order valence-electron chi connectivity index (χ0n) is 13.4. The van der Waals surface area contributed by atoms with Crippen LogP contribution in [-0.4, -0.2) is 34.5 Å². The Bertz CT molecular complexity index is 638. The summed E-state index contributed by atoms with van der Waals surface area (Å²) in [6.07, 6.45) is 6.26. The first-order valence-electron chi connectivity index (χ1n) is 8.10. The number of aliphatic hydroxyl groups excluding tert-OH is 1. The first-order valence-corrected chi connectivity index (χ1v) is 10.9. The zero-order valence-corrected chi connectivity index (χ0v) is 15.9. The molecule has 0 aromatic heterocycles. The van der Waals surface area contributed by atoms with Gasteiger partial charge in [0.2, 0.25) is 7.37 Å². The highest BCUT2D eigenvalue weighted by Crippen LogP contribution is 2.45. The lowest BCUT2D eigenvalue weighted by Crippen LogP contribution is -2.39. The lowest BCUT2D eigenvalue weighted by Gasteiger charge is -2.25. The maximum Gasteiger partial charge on any atom is 0.203 e. The largest absolute Gasteiger partial charge is 0.391 e. The predicted molar refractivity (Wildman–Crippen MR) is 100 cm³/mol. The Hall–Kier alpha value is -0.350. The monoisotopic (exact) mass is 391 g/mol. The summed E-state index contributed by atoms with van der Waals surface area (Å²) >= 11 is 11.8. The highest BCUT2D eigenvalue weighted by Gasteiger charge is 2.29. The van der Waals surface area contributed by atoms with Crippen molar-refractivity contribution >= 4 is 30.6 Å². The molecular weight excluding hydrogens is 368 g/mol. The van der Waals surface area contributed by atoms with Crippen molar-refractivity contribution in [3.8, 4) is 0 Å². The number of aliphatic hydroxyl groups is 1. The Morgan fingerprint density at radius 3 is 2.67 bits per heavy atom. The summed E-state index contributed by atoms with van der Waals surface area (Å²) in [5, 5.41) is 11.1. The van der Waals surface area contributed by atoms with E-state index < -0.39 is 19.5 Å². The minimum Gasteiger partial charge on any atom is -0.391 e. The van der Waals surface area contributed by atoms with Crippen LogP contribution in [0.5, 0.6) is 0 Å². The van der Waals surface area contributed by atoms with Gasteiger partial charge in [0.25, 0.3) is 0 Å². The lowest BCUT2D eigenvalue weighted by atomic mass is 9.96. The molecule has 7 heteroatoms. The van der Waals surface area contributed by atoms with Crippen LogP contribution in [0.15, 0.2) is 30.4 Å². The second kappa shape index (κ2) is 8.84. The minimum absolute atomic E-state index is 0.171. The van der Waals surface area contributed by atoms with E-state index in [0.717, 1.165) is 24.8 Å². The number of nitrogens with two attached hydrogens (primary N) is 1. The molecule has 0 spiro atoms. The molecule has 1 aromatic carbocycles. The Balaban J connectivity index is 1.89. The van der Waals surface area contributed by atoms with Gasteiger partial charge in [-0.15, -0.1) is 0 Å². The molecule has 2 rings (SSSR count). The van der Waals surface area contributed by atoms with E-state index in [2.05, 4.69) is 12.2 Å². The molecule has 0 aliphatic heterocycles. The number of allylic oxidation sites excluding steroid dienone is 2. The zero-order chi connectivity index (χ0) is 17.7. The van der Waals surface area contributed by atoms with Crippen molar-refractivity contribution in [1.29, 1.82) is 0 Å². The highest BCUT2D eigenvalue weighted by molar-refractivity contribution is 7.58. The summed E-state index contributed by atoms with van der Waals surface area (Å²) in [5.41, 5.74) is 6.84. The summed E-state index contributed by atoms with van der Waals surface area (Å²) in [6.45, 7) is 0. The molecule has 4 atom stereocenters. The number of halogens is 2. The Morgan fingerprint density at radius 2 is 2.04 bits per heavy atom.